The van der Waals surface area contributed by atoms with Gasteiger partial charge in [-0.05, 0) is 23.8 Å². The van der Waals surface area contributed by atoms with E-state index in [0.29, 0.717) is 11.6 Å². The molecule has 0 amide bonds. The Kier molecular flexibility index (Phi) is 4.91. The van der Waals surface area contributed by atoms with Crippen LogP contribution in [-0.2, 0) is 10.0 Å². The van der Waals surface area contributed by atoms with Crippen molar-refractivity contribution >= 4 is 10.0 Å². The molecule has 0 aliphatic heterocycles. The molecule has 0 aliphatic carbocycles. The van der Waals surface area contributed by atoms with Crippen LogP contribution < -0.4 is 4.72 Å². The Balaban J connectivity index is 2.32. The van der Waals surface area contributed by atoms with Gasteiger partial charge in [0, 0.05) is 6.42 Å². The Hall–Kier alpha value is -2.23. The first kappa shape index (κ1) is 16.1. The molecular formula is C16H13F2NO2S. The number of terminal acetylenes is 1. The molecule has 0 aliphatic rings. The minimum absolute atomic E-state index is 0.132. The molecule has 1 N–H and O–H groups in total. The average Bonchev–Trinajstić information content (AvgIpc) is 2.50. The highest BCUT2D eigenvalue weighted by Crippen LogP contribution is 2.21. The molecule has 3 nitrogen and oxygen atoms in total. The van der Waals surface area contributed by atoms with Crippen molar-refractivity contribution in [3.63, 3.8) is 0 Å². The van der Waals surface area contributed by atoms with Crippen LogP contribution in [0.3, 0.4) is 0 Å². The van der Waals surface area contributed by atoms with E-state index >= 15 is 0 Å². The normalized spacial score (nSPS) is 12.6. The van der Waals surface area contributed by atoms with Crippen molar-refractivity contribution in [2.24, 2.45) is 0 Å². The number of nitrogens with one attached hydrogen (secondary N) is 1. The summed E-state index contributed by atoms with van der Waals surface area (Å²) in [7, 11) is -4.02. The molecule has 0 saturated carbocycles. The summed E-state index contributed by atoms with van der Waals surface area (Å²) in [4.78, 5) is -0.357. The fourth-order valence-corrected chi connectivity index (χ4v) is 3.17. The third-order valence-electron chi connectivity index (χ3n) is 3.02. The summed E-state index contributed by atoms with van der Waals surface area (Å²) in [6.07, 6.45) is 5.41. The second-order valence-corrected chi connectivity index (χ2v) is 6.28. The first-order valence-corrected chi connectivity index (χ1v) is 7.88. The summed E-state index contributed by atoms with van der Waals surface area (Å²) >= 11 is 0. The standard InChI is InChI=1S/C16H13F2NO2S/c1-2-6-16(12-7-4-3-5-8-12)19-22(20,21)13-9-10-14(17)15(18)11-13/h1,3-5,7-11,16,19H,6H2/t16-/m0/s1. The van der Waals surface area contributed by atoms with Crippen molar-refractivity contribution in [1.82, 2.24) is 4.72 Å². The maximum Gasteiger partial charge on any atom is 0.241 e. The first-order chi connectivity index (χ1) is 10.4. The van der Waals surface area contributed by atoms with Crippen LogP contribution in [0.15, 0.2) is 53.4 Å². The minimum Gasteiger partial charge on any atom is -0.207 e. The number of benzene rings is 2. The molecule has 0 heterocycles. The Morgan fingerprint density at radius 1 is 1.09 bits per heavy atom. The number of halogens is 2. The second-order valence-electron chi connectivity index (χ2n) is 4.57. The smallest absolute Gasteiger partial charge is 0.207 e. The topological polar surface area (TPSA) is 46.2 Å². The maximum atomic E-state index is 13.2. The van der Waals surface area contributed by atoms with Gasteiger partial charge in [0.2, 0.25) is 10.0 Å². The lowest BCUT2D eigenvalue weighted by atomic mass is 10.1. The summed E-state index contributed by atoms with van der Waals surface area (Å²) < 4.78 is 53.1. The molecule has 0 saturated heterocycles. The number of hydrogen-bond donors (Lipinski definition) is 1. The zero-order valence-corrected chi connectivity index (χ0v) is 12.3. The molecular weight excluding hydrogens is 308 g/mol. The first-order valence-electron chi connectivity index (χ1n) is 6.40. The van der Waals surface area contributed by atoms with Crippen LogP contribution in [0, 0.1) is 24.0 Å². The zero-order chi connectivity index (χ0) is 16.2. The Bertz CT molecular complexity index is 799. The second kappa shape index (κ2) is 6.69. The fourth-order valence-electron chi connectivity index (χ4n) is 1.93. The van der Waals surface area contributed by atoms with E-state index in [0.717, 1.165) is 12.1 Å². The van der Waals surface area contributed by atoms with Crippen LogP contribution in [0.5, 0.6) is 0 Å². The van der Waals surface area contributed by atoms with E-state index in [2.05, 4.69) is 10.6 Å². The Labute approximate surface area is 128 Å². The van der Waals surface area contributed by atoms with E-state index in [1.54, 1.807) is 30.3 Å². The van der Waals surface area contributed by atoms with Gasteiger partial charge >= 0.3 is 0 Å². The van der Waals surface area contributed by atoms with E-state index in [9.17, 15) is 17.2 Å². The van der Waals surface area contributed by atoms with Gasteiger partial charge in [-0.15, -0.1) is 12.3 Å². The highest BCUT2D eigenvalue weighted by molar-refractivity contribution is 7.89. The van der Waals surface area contributed by atoms with Crippen molar-refractivity contribution in [1.29, 1.82) is 0 Å². The summed E-state index contributed by atoms with van der Waals surface area (Å²) in [6, 6.07) is 10.5. The van der Waals surface area contributed by atoms with Crippen molar-refractivity contribution in [3.05, 3.63) is 65.7 Å². The van der Waals surface area contributed by atoms with Crippen LogP contribution in [0.2, 0.25) is 0 Å². The van der Waals surface area contributed by atoms with Crippen LogP contribution in [-0.4, -0.2) is 8.42 Å². The fraction of sp³-hybridized carbons (Fsp3) is 0.125. The minimum atomic E-state index is -4.02. The summed E-state index contributed by atoms with van der Waals surface area (Å²) in [5, 5.41) is 0. The molecule has 0 unspecified atom stereocenters. The molecule has 0 spiro atoms. The lowest BCUT2D eigenvalue weighted by Crippen LogP contribution is -2.28. The van der Waals surface area contributed by atoms with Gasteiger partial charge in [0.05, 0.1) is 10.9 Å². The van der Waals surface area contributed by atoms with Crippen LogP contribution in [0.25, 0.3) is 0 Å². The lowest BCUT2D eigenvalue weighted by molar-refractivity contribution is 0.503. The third kappa shape index (κ3) is 3.70. The molecule has 0 radical (unpaired) electrons. The molecule has 1 atom stereocenters. The highest BCUT2D eigenvalue weighted by atomic mass is 32.2. The molecule has 0 fully saturated rings. The number of sulfonamides is 1. The average molecular weight is 321 g/mol. The summed E-state index contributed by atoms with van der Waals surface area (Å²) in [5.74, 6) is 0.0649. The van der Waals surface area contributed by atoms with Crippen molar-refractivity contribution < 1.29 is 17.2 Å². The van der Waals surface area contributed by atoms with Crippen LogP contribution in [0.1, 0.15) is 18.0 Å². The summed E-state index contributed by atoms with van der Waals surface area (Å²) in [5.41, 5.74) is 0.687. The highest BCUT2D eigenvalue weighted by Gasteiger charge is 2.22. The van der Waals surface area contributed by atoms with Gasteiger partial charge < -0.3 is 0 Å². The Morgan fingerprint density at radius 2 is 1.77 bits per heavy atom. The SMILES string of the molecule is C#CC[C@H](NS(=O)(=O)c1ccc(F)c(F)c1)c1ccccc1. The zero-order valence-electron chi connectivity index (χ0n) is 11.5. The molecule has 2 aromatic carbocycles. The molecule has 114 valence electrons. The van der Waals surface area contributed by atoms with Gasteiger partial charge in [-0.25, -0.2) is 21.9 Å². The van der Waals surface area contributed by atoms with E-state index in [4.69, 9.17) is 6.42 Å². The number of hydrogen-bond acceptors (Lipinski definition) is 2. The van der Waals surface area contributed by atoms with E-state index in [-0.39, 0.29) is 11.3 Å². The van der Waals surface area contributed by atoms with Gasteiger partial charge in [-0.3, -0.25) is 0 Å². The molecule has 6 heteroatoms. The predicted octanol–water partition coefficient (Wildman–Crippen LogP) is 3.01. The van der Waals surface area contributed by atoms with Gasteiger partial charge in [-0.2, -0.15) is 0 Å². The third-order valence-corrected chi connectivity index (χ3v) is 4.49. The molecule has 2 aromatic rings. The number of rotatable bonds is 5. The van der Waals surface area contributed by atoms with Gasteiger partial charge in [0.25, 0.3) is 0 Å². The molecule has 2 rings (SSSR count). The summed E-state index contributed by atoms with van der Waals surface area (Å²) in [6.45, 7) is 0. The largest absolute Gasteiger partial charge is 0.241 e. The van der Waals surface area contributed by atoms with Crippen molar-refractivity contribution in [2.45, 2.75) is 17.4 Å². The molecule has 0 bridgehead atoms. The monoisotopic (exact) mass is 321 g/mol. The Morgan fingerprint density at radius 3 is 2.36 bits per heavy atom. The van der Waals surface area contributed by atoms with Crippen LogP contribution in [0.4, 0.5) is 8.78 Å². The van der Waals surface area contributed by atoms with E-state index in [1.165, 1.54) is 0 Å². The van der Waals surface area contributed by atoms with Crippen LogP contribution >= 0.6 is 0 Å². The molecule has 0 aromatic heterocycles. The predicted molar refractivity (Wildman–Crippen MR) is 79.3 cm³/mol. The quantitative estimate of drug-likeness (QED) is 0.861. The maximum absolute atomic E-state index is 13.2. The van der Waals surface area contributed by atoms with Crippen molar-refractivity contribution in [3.8, 4) is 12.3 Å². The van der Waals surface area contributed by atoms with Crippen molar-refractivity contribution in [2.75, 3.05) is 0 Å². The van der Waals surface area contributed by atoms with Gasteiger partial charge in [0.15, 0.2) is 11.6 Å². The van der Waals surface area contributed by atoms with Gasteiger partial charge in [-0.1, -0.05) is 30.3 Å². The van der Waals surface area contributed by atoms with Gasteiger partial charge in [0.1, 0.15) is 0 Å². The van der Waals surface area contributed by atoms with E-state index < -0.39 is 27.7 Å². The molecule has 22 heavy (non-hydrogen) atoms. The van der Waals surface area contributed by atoms with E-state index in [1.807, 2.05) is 0 Å². The lowest BCUT2D eigenvalue weighted by Gasteiger charge is -2.17.